The number of rotatable bonds is 2. The van der Waals surface area contributed by atoms with Crippen LogP contribution in [0.15, 0.2) is 58.2 Å². The van der Waals surface area contributed by atoms with Crippen LogP contribution in [0.25, 0.3) is 22.1 Å². The standard InChI is InChI=1S/C14H12N4O/c15-14(17-16)12-8-13(19-18-12)11-7-3-5-9-4-1-2-6-10(9)11/h1-8H,16H2,(H2,15,17). The van der Waals surface area contributed by atoms with Gasteiger partial charge in [-0.15, -0.1) is 0 Å². The molecule has 19 heavy (non-hydrogen) atoms. The Morgan fingerprint density at radius 2 is 1.89 bits per heavy atom. The Morgan fingerprint density at radius 1 is 1.11 bits per heavy atom. The summed E-state index contributed by atoms with van der Waals surface area (Å²) in [6, 6.07) is 15.8. The van der Waals surface area contributed by atoms with Gasteiger partial charge >= 0.3 is 0 Å². The fourth-order valence-corrected chi connectivity index (χ4v) is 2.03. The van der Waals surface area contributed by atoms with Gasteiger partial charge in [-0.2, -0.15) is 5.10 Å². The Bertz CT molecular complexity index is 755. The lowest BCUT2D eigenvalue weighted by atomic mass is 10.0. The number of nitrogens with zero attached hydrogens (tertiary/aromatic N) is 2. The number of fused-ring (bicyclic) bond motifs is 1. The largest absolute Gasteiger partial charge is 0.380 e. The molecular formula is C14H12N4O. The minimum atomic E-state index is 0.148. The van der Waals surface area contributed by atoms with E-state index < -0.39 is 0 Å². The van der Waals surface area contributed by atoms with E-state index in [9.17, 15) is 0 Å². The normalized spacial score (nSPS) is 11.9. The van der Waals surface area contributed by atoms with E-state index in [1.807, 2.05) is 42.5 Å². The summed E-state index contributed by atoms with van der Waals surface area (Å²) in [4.78, 5) is 0. The maximum absolute atomic E-state index is 5.60. The van der Waals surface area contributed by atoms with Gasteiger partial charge in [0, 0.05) is 11.6 Å². The first kappa shape index (κ1) is 11.3. The minimum Gasteiger partial charge on any atom is -0.380 e. The SMILES string of the molecule is NN=C(N)c1cc(-c2cccc3ccccc23)on1. The number of hydrogen-bond donors (Lipinski definition) is 2. The molecule has 0 aliphatic carbocycles. The van der Waals surface area contributed by atoms with Gasteiger partial charge in [0.15, 0.2) is 17.3 Å². The molecule has 0 fully saturated rings. The fraction of sp³-hybridized carbons (Fsp3) is 0. The molecule has 5 nitrogen and oxygen atoms in total. The van der Waals surface area contributed by atoms with Crippen molar-refractivity contribution in [2.45, 2.75) is 0 Å². The Balaban J connectivity index is 2.17. The Kier molecular flexibility index (Phi) is 2.64. The quantitative estimate of drug-likeness (QED) is 0.316. The van der Waals surface area contributed by atoms with Gasteiger partial charge in [0.25, 0.3) is 0 Å². The second kappa shape index (κ2) is 4.45. The lowest BCUT2D eigenvalue weighted by Crippen LogP contribution is -2.15. The summed E-state index contributed by atoms with van der Waals surface area (Å²) in [5.41, 5.74) is 7.00. The number of hydrogen-bond acceptors (Lipinski definition) is 4. The third-order valence-corrected chi connectivity index (χ3v) is 2.97. The number of benzene rings is 2. The molecule has 0 spiro atoms. The van der Waals surface area contributed by atoms with Crippen LogP contribution in [0.4, 0.5) is 0 Å². The van der Waals surface area contributed by atoms with Crippen LogP contribution in [0.2, 0.25) is 0 Å². The first-order chi connectivity index (χ1) is 9.29. The van der Waals surface area contributed by atoms with Crippen molar-refractivity contribution in [3.63, 3.8) is 0 Å². The van der Waals surface area contributed by atoms with Crippen molar-refractivity contribution < 1.29 is 4.52 Å². The number of hydrazone groups is 1. The first-order valence-electron chi connectivity index (χ1n) is 5.78. The second-order valence-electron chi connectivity index (χ2n) is 4.12. The van der Waals surface area contributed by atoms with Crippen molar-refractivity contribution in [3.8, 4) is 11.3 Å². The van der Waals surface area contributed by atoms with Gasteiger partial charge in [0.2, 0.25) is 0 Å². The van der Waals surface area contributed by atoms with Crippen molar-refractivity contribution in [1.29, 1.82) is 0 Å². The highest BCUT2D eigenvalue weighted by Crippen LogP contribution is 2.28. The van der Waals surface area contributed by atoms with Crippen molar-refractivity contribution in [1.82, 2.24) is 5.16 Å². The van der Waals surface area contributed by atoms with Crippen LogP contribution >= 0.6 is 0 Å². The van der Waals surface area contributed by atoms with Crippen LogP contribution in [-0.2, 0) is 0 Å². The van der Waals surface area contributed by atoms with Crippen LogP contribution in [0.5, 0.6) is 0 Å². The van der Waals surface area contributed by atoms with Crippen LogP contribution in [0.3, 0.4) is 0 Å². The average molecular weight is 252 g/mol. The van der Waals surface area contributed by atoms with Gasteiger partial charge < -0.3 is 16.1 Å². The van der Waals surface area contributed by atoms with E-state index in [4.69, 9.17) is 16.1 Å². The summed E-state index contributed by atoms with van der Waals surface area (Å²) in [7, 11) is 0. The molecule has 0 amide bonds. The molecule has 5 heteroatoms. The van der Waals surface area contributed by atoms with Crippen LogP contribution in [0, 0.1) is 0 Å². The van der Waals surface area contributed by atoms with Gasteiger partial charge in [-0.3, -0.25) is 0 Å². The molecule has 0 saturated carbocycles. The van der Waals surface area contributed by atoms with Gasteiger partial charge in [0.05, 0.1) is 0 Å². The molecule has 4 N–H and O–H groups in total. The smallest absolute Gasteiger partial charge is 0.172 e. The molecule has 0 saturated heterocycles. The monoisotopic (exact) mass is 252 g/mol. The van der Waals surface area contributed by atoms with Crippen LogP contribution < -0.4 is 11.6 Å². The second-order valence-corrected chi connectivity index (χ2v) is 4.12. The molecule has 0 aliphatic rings. The molecule has 0 atom stereocenters. The third kappa shape index (κ3) is 1.91. The van der Waals surface area contributed by atoms with Crippen molar-refractivity contribution >= 4 is 16.6 Å². The lowest BCUT2D eigenvalue weighted by Gasteiger charge is -2.02. The van der Waals surface area contributed by atoms with Crippen molar-refractivity contribution in [2.75, 3.05) is 0 Å². The van der Waals surface area contributed by atoms with E-state index in [1.165, 1.54) is 0 Å². The summed E-state index contributed by atoms with van der Waals surface area (Å²) >= 11 is 0. The topological polar surface area (TPSA) is 90.4 Å². The average Bonchev–Trinajstić information content (AvgIpc) is 2.95. The summed E-state index contributed by atoms with van der Waals surface area (Å²) in [6.07, 6.45) is 0. The zero-order chi connectivity index (χ0) is 13.2. The summed E-state index contributed by atoms with van der Waals surface area (Å²) < 4.78 is 5.32. The molecule has 3 aromatic rings. The highest BCUT2D eigenvalue weighted by Gasteiger charge is 2.11. The van der Waals surface area contributed by atoms with E-state index in [2.05, 4.69) is 10.3 Å². The summed E-state index contributed by atoms with van der Waals surface area (Å²) in [5.74, 6) is 5.91. The fourth-order valence-electron chi connectivity index (χ4n) is 2.03. The molecule has 0 bridgehead atoms. The Hall–Kier alpha value is -2.82. The zero-order valence-corrected chi connectivity index (χ0v) is 10.1. The van der Waals surface area contributed by atoms with E-state index in [-0.39, 0.29) is 5.84 Å². The predicted molar refractivity (Wildman–Crippen MR) is 74.4 cm³/mol. The van der Waals surface area contributed by atoms with Gasteiger partial charge in [0.1, 0.15) is 0 Å². The van der Waals surface area contributed by atoms with Crippen LogP contribution in [0.1, 0.15) is 5.69 Å². The van der Waals surface area contributed by atoms with Gasteiger partial charge in [-0.1, -0.05) is 47.6 Å². The Morgan fingerprint density at radius 3 is 2.74 bits per heavy atom. The molecule has 1 aromatic heterocycles. The maximum Gasteiger partial charge on any atom is 0.172 e. The molecule has 3 rings (SSSR count). The van der Waals surface area contributed by atoms with Crippen molar-refractivity contribution in [3.05, 3.63) is 54.2 Å². The van der Waals surface area contributed by atoms with Gasteiger partial charge in [-0.25, -0.2) is 0 Å². The van der Waals surface area contributed by atoms with Gasteiger partial charge in [-0.05, 0) is 10.8 Å². The van der Waals surface area contributed by atoms with E-state index in [1.54, 1.807) is 6.07 Å². The van der Waals surface area contributed by atoms with E-state index in [0.29, 0.717) is 11.5 Å². The first-order valence-corrected chi connectivity index (χ1v) is 5.78. The van der Waals surface area contributed by atoms with E-state index >= 15 is 0 Å². The molecule has 2 aromatic carbocycles. The molecule has 0 radical (unpaired) electrons. The summed E-state index contributed by atoms with van der Waals surface area (Å²) in [6.45, 7) is 0. The number of aromatic nitrogens is 1. The molecule has 94 valence electrons. The predicted octanol–water partition coefficient (Wildman–Crippen LogP) is 2.07. The zero-order valence-electron chi connectivity index (χ0n) is 10.1. The highest BCUT2D eigenvalue weighted by atomic mass is 16.5. The highest BCUT2D eigenvalue weighted by molar-refractivity contribution is 5.99. The van der Waals surface area contributed by atoms with Crippen molar-refractivity contribution in [2.24, 2.45) is 16.7 Å². The number of amidine groups is 1. The molecular weight excluding hydrogens is 240 g/mol. The molecule has 0 unspecified atom stereocenters. The molecule has 0 aliphatic heterocycles. The lowest BCUT2D eigenvalue weighted by molar-refractivity contribution is 0.431. The Labute approximate surface area is 109 Å². The minimum absolute atomic E-state index is 0.148. The maximum atomic E-state index is 5.60. The number of nitrogens with two attached hydrogens (primary N) is 2. The third-order valence-electron chi connectivity index (χ3n) is 2.97. The van der Waals surface area contributed by atoms with E-state index in [0.717, 1.165) is 16.3 Å². The summed E-state index contributed by atoms with van der Waals surface area (Å²) in [5, 5.41) is 9.49. The molecule has 1 heterocycles. The van der Waals surface area contributed by atoms with Crippen LogP contribution in [-0.4, -0.2) is 11.0 Å².